The van der Waals surface area contributed by atoms with Gasteiger partial charge >= 0.3 is 6.18 Å². The number of halogens is 5. The monoisotopic (exact) mass is 400 g/mol. The Kier molecular flexibility index (Phi) is 6.97. The molecule has 2 rings (SSSR count). The number of nitrogens with two attached hydrogens (primary N) is 1. The van der Waals surface area contributed by atoms with E-state index in [1.807, 2.05) is 0 Å². The molecule has 0 bridgehead atoms. The summed E-state index contributed by atoms with van der Waals surface area (Å²) in [7, 11) is 0. The first-order valence-electron chi connectivity index (χ1n) is 7.46. The zero-order chi connectivity index (χ0) is 19.2. The molecular formula is C18H15Cl2F3N3+. The smallest absolute Gasteiger partial charge is 0.289 e. The van der Waals surface area contributed by atoms with Gasteiger partial charge in [-0.15, -0.1) is 0 Å². The minimum Gasteiger partial charge on any atom is -0.289 e. The minimum absolute atomic E-state index is 0.0148. The van der Waals surface area contributed by atoms with Crippen molar-refractivity contribution in [1.82, 2.24) is 0 Å². The van der Waals surface area contributed by atoms with Crippen molar-refractivity contribution in [2.24, 2.45) is 4.99 Å². The highest BCUT2D eigenvalue weighted by Crippen LogP contribution is 2.38. The van der Waals surface area contributed by atoms with Crippen LogP contribution in [0, 0.1) is 5.41 Å². The molecule has 0 aliphatic carbocycles. The average Bonchev–Trinajstić information content (AvgIpc) is 2.54. The lowest BCUT2D eigenvalue weighted by molar-refractivity contribution is -0.432. The van der Waals surface area contributed by atoms with Crippen LogP contribution in [0.2, 0.25) is 10.0 Å². The molecule has 1 atom stereocenters. The molecule has 0 radical (unpaired) electrons. The second-order valence-electron chi connectivity index (χ2n) is 5.34. The number of allylic oxidation sites excluding steroid dienone is 1. The maximum Gasteiger partial charge on any atom is 0.399 e. The summed E-state index contributed by atoms with van der Waals surface area (Å²) in [5, 5.41) is 8.78. The van der Waals surface area contributed by atoms with Crippen LogP contribution in [0.1, 0.15) is 17.0 Å². The molecule has 1 unspecified atom stereocenters. The Balaban J connectivity index is 2.23. The van der Waals surface area contributed by atoms with E-state index in [0.717, 1.165) is 18.1 Å². The van der Waals surface area contributed by atoms with E-state index in [1.165, 1.54) is 30.6 Å². The molecule has 2 aromatic rings. The Morgan fingerprint density at radius 3 is 2.19 bits per heavy atom. The highest BCUT2D eigenvalue weighted by molar-refractivity contribution is 6.34. The van der Waals surface area contributed by atoms with Gasteiger partial charge in [-0.3, -0.25) is 10.7 Å². The average molecular weight is 401 g/mol. The van der Waals surface area contributed by atoms with Gasteiger partial charge in [-0.2, -0.15) is 18.2 Å². The van der Waals surface area contributed by atoms with Gasteiger partial charge in [0.25, 0.3) is 0 Å². The molecule has 136 valence electrons. The number of aliphatic imine (C=N–C) groups is 1. The fraction of sp³-hybridized carbons (Fsp3) is 0.111. The van der Waals surface area contributed by atoms with Gasteiger partial charge in [-0.25, -0.2) is 0 Å². The molecule has 3 nitrogen and oxygen atoms in total. The summed E-state index contributed by atoms with van der Waals surface area (Å²) in [4.78, 5) is 3.62. The van der Waals surface area contributed by atoms with Crippen molar-refractivity contribution >= 4 is 47.6 Å². The predicted octanol–water partition coefficient (Wildman–Crippen LogP) is 5.18. The molecule has 0 saturated carbocycles. The van der Waals surface area contributed by atoms with E-state index in [1.54, 1.807) is 29.6 Å². The predicted molar refractivity (Wildman–Crippen MR) is 99.6 cm³/mol. The lowest BCUT2D eigenvalue weighted by Crippen LogP contribution is -2.76. The first-order chi connectivity index (χ1) is 12.3. The van der Waals surface area contributed by atoms with Gasteiger partial charge in [0.05, 0.1) is 5.92 Å². The summed E-state index contributed by atoms with van der Waals surface area (Å²) in [6.07, 6.45) is 0.383. The summed E-state index contributed by atoms with van der Waals surface area (Å²) in [6.45, 7) is 0. The zero-order valence-corrected chi connectivity index (χ0v) is 14.9. The third-order valence-corrected chi connectivity index (χ3v) is 3.88. The van der Waals surface area contributed by atoms with Gasteiger partial charge in [0, 0.05) is 22.2 Å². The second kappa shape index (κ2) is 8.98. The van der Waals surface area contributed by atoms with Gasteiger partial charge < -0.3 is 0 Å². The van der Waals surface area contributed by atoms with Gasteiger partial charge in [-0.05, 0) is 41.5 Å². The van der Waals surface area contributed by atoms with Gasteiger partial charge in [0.2, 0.25) is 0 Å². The maximum atomic E-state index is 13.4. The fourth-order valence-corrected chi connectivity index (χ4v) is 2.80. The number of quaternary nitrogens is 1. The quantitative estimate of drug-likeness (QED) is 0.381. The van der Waals surface area contributed by atoms with Crippen molar-refractivity contribution in [3.05, 3.63) is 69.7 Å². The lowest BCUT2D eigenvalue weighted by atomic mass is 9.97. The largest absolute Gasteiger partial charge is 0.399 e. The van der Waals surface area contributed by atoms with Crippen LogP contribution < -0.4 is 5.32 Å². The van der Waals surface area contributed by atoms with E-state index in [0.29, 0.717) is 5.56 Å². The van der Waals surface area contributed by atoms with Crippen LogP contribution in [0.15, 0.2) is 53.5 Å². The summed E-state index contributed by atoms with van der Waals surface area (Å²) >= 11 is 11.7. The van der Waals surface area contributed by atoms with E-state index in [-0.39, 0.29) is 15.6 Å². The molecular weight excluding hydrogens is 386 g/mol. The fourth-order valence-electron chi connectivity index (χ4n) is 2.26. The molecule has 0 aromatic heterocycles. The Labute approximate surface area is 158 Å². The topological polar surface area (TPSA) is 52.8 Å². The number of nitrogens with zero attached hydrogens (tertiary/aromatic N) is 1. The number of alkyl halides is 3. The molecule has 0 heterocycles. The van der Waals surface area contributed by atoms with Gasteiger partial charge in [0.1, 0.15) is 12.0 Å². The minimum atomic E-state index is -4.47. The number of benzene rings is 2. The Morgan fingerprint density at radius 1 is 1.04 bits per heavy atom. The number of hydrogen-bond acceptors (Lipinski definition) is 1. The molecule has 0 spiro atoms. The van der Waals surface area contributed by atoms with Crippen molar-refractivity contribution in [1.29, 1.82) is 5.41 Å². The molecule has 26 heavy (non-hydrogen) atoms. The Bertz CT molecular complexity index is 795. The summed E-state index contributed by atoms with van der Waals surface area (Å²) < 4.78 is 40.3. The third-order valence-electron chi connectivity index (χ3n) is 3.44. The van der Waals surface area contributed by atoms with Crippen molar-refractivity contribution in [2.75, 3.05) is 0 Å². The molecule has 0 aliphatic heterocycles. The third kappa shape index (κ3) is 5.98. The number of rotatable bonds is 6. The molecule has 0 saturated heterocycles. The Hall–Kier alpha value is -2.15. The van der Waals surface area contributed by atoms with Crippen molar-refractivity contribution in [3.63, 3.8) is 0 Å². The number of nitrogens with one attached hydrogen (secondary N) is 1. The molecule has 0 amide bonds. The first-order valence-corrected chi connectivity index (χ1v) is 8.21. The molecule has 8 heteroatoms. The summed E-state index contributed by atoms with van der Waals surface area (Å²) in [6, 6.07) is 10.8. The van der Waals surface area contributed by atoms with Crippen molar-refractivity contribution in [2.45, 2.75) is 12.1 Å². The molecule has 0 aliphatic rings. The second-order valence-corrected chi connectivity index (χ2v) is 6.21. The molecule has 3 N–H and O–H groups in total. The van der Waals surface area contributed by atoms with E-state index in [4.69, 9.17) is 28.6 Å². The lowest BCUT2D eigenvalue weighted by Gasteiger charge is -2.18. The van der Waals surface area contributed by atoms with E-state index in [9.17, 15) is 13.2 Å². The van der Waals surface area contributed by atoms with Crippen LogP contribution in [0.3, 0.4) is 0 Å². The van der Waals surface area contributed by atoms with Crippen LogP contribution in [0.25, 0.3) is 6.08 Å². The molecule has 0 fully saturated rings. The zero-order valence-electron chi connectivity index (χ0n) is 13.3. The number of hydrogen-bond donors (Lipinski definition) is 2. The molecule has 2 aromatic carbocycles. The normalized spacial score (nSPS) is 13.4. The van der Waals surface area contributed by atoms with Crippen LogP contribution in [0.4, 0.5) is 18.9 Å². The highest BCUT2D eigenvalue weighted by Gasteiger charge is 2.39. The SMILES string of the molecule is N=CN=C[NH2+]c1ccc(/C=C/C(c2cc(Cl)cc(Cl)c2)C(F)(F)F)cc1. The maximum absolute atomic E-state index is 13.4. The summed E-state index contributed by atoms with van der Waals surface area (Å²) in [5.41, 5.74) is 1.43. The van der Waals surface area contributed by atoms with E-state index >= 15 is 0 Å². The van der Waals surface area contributed by atoms with Crippen LogP contribution >= 0.6 is 23.2 Å². The van der Waals surface area contributed by atoms with E-state index in [2.05, 4.69) is 4.99 Å². The standard InChI is InChI=1S/C18H14Cl2F3N3/c19-14-7-13(8-15(20)9-14)17(18(21,22)23)6-3-12-1-4-16(5-2-12)26-11-25-10-24/h1-11,17H,(H2,24,25,26)/p+1/b6-3+. The van der Waals surface area contributed by atoms with Gasteiger partial charge in [0.15, 0.2) is 6.34 Å². The Morgan fingerprint density at radius 2 is 1.65 bits per heavy atom. The van der Waals surface area contributed by atoms with Crippen LogP contribution in [0.5, 0.6) is 0 Å². The first kappa shape index (κ1) is 20.2. The van der Waals surface area contributed by atoms with E-state index < -0.39 is 12.1 Å². The van der Waals surface area contributed by atoms with Crippen LogP contribution in [-0.4, -0.2) is 18.9 Å². The van der Waals surface area contributed by atoms with Gasteiger partial charge in [-0.1, -0.05) is 35.4 Å². The van der Waals surface area contributed by atoms with Crippen molar-refractivity contribution < 1.29 is 18.5 Å². The summed E-state index contributed by atoms with van der Waals surface area (Å²) in [5.74, 6) is -1.82. The van der Waals surface area contributed by atoms with Crippen LogP contribution in [-0.2, 0) is 0 Å². The van der Waals surface area contributed by atoms with Crippen molar-refractivity contribution in [3.8, 4) is 0 Å². The highest BCUT2D eigenvalue weighted by atomic mass is 35.5.